The fourth-order valence-electron chi connectivity index (χ4n) is 1.34. The minimum Gasteiger partial charge on any atom is -0.478 e. The number of carbonyl (C=O) groups is 1. The molecule has 16 heavy (non-hydrogen) atoms. The molecule has 0 aliphatic carbocycles. The van der Waals surface area contributed by atoms with E-state index < -0.39 is 5.97 Å². The smallest absolute Gasteiger partial charge is 0.332 e. The average Bonchev–Trinajstić information content (AvgIpc) is 2.30. The molecule has 0 aliphatic rings. The maximum Gasteiger partial charge on any atom is 0.332 e. The van der Waals surface area contributed by atoms with Gasteiger partial charge in [-0.2, -0.15) is 0 Å². The molecule has 0 radical (unpaired) electrons. The lowest BCUT2D eigenvalue weighted by Crippen LogP contribution is -1.99. The van der Waals surface area contributed by atoms with Crippen molar-refractivity contribution in [1.82, 2.24) is 0 Å². The Bertz CT molecular complexity index is 382. The molecule has 0 aromatic heterocycles. The molecular formula is C13H16O2S. The first kappa shape index (κ1) is 12.8. The fourth-order valence-corrected chi connectivity index (χ4v) is 2.38. The number of hydrogen-bond donors (Lipinski definition) is 1. The Hall–Kier alpha value is -1.22. The zero-order chi connectivity index (χ0) is 12.0. The molecule has 1 aromatic carbocycles. The van der Waals surface area contributed by atoms with Gasteiger partial charge in [-0.05, 0) is 23.8 Å². The maximum atomic E-state index is 10.8. The molecule has 86 valence electrons. The van der Waals surface area contributed by atoms with Crippen LogP contribution in [0.2, 0.25) is 0 Å². The monoisotopic (exact) mass is 236 g/mol. The van der Waals surface area contributed by atoms with E-state index in [-0.39, 0.29) is 0 Å². The van der Waals surface area contributed by atoms with Crippen LogP contribution in [0.1, 0.15) is 25.8 Å². The van der Waals surface area contributed by atoms with Crippen LogP contribution in [0, 0.1) is 0 Å². The Morgan fingerprint density at radius 3 is 2.44 bits per heavy atom. The van der Waals surface area contributed by atoms with Gasteiger partial charge in [0, 0.05) is 11.3 Å². The molecule has 0 fully saturated rings. The van der Waals surface area contributed by atoms with Gasteiger partial charge in [-0.3, -0.25) is 0 Å². The van der Waals surface area contributed by atoms with Gasteiger partial charge in [-0.1, -0.05) is 37.3 Å². The predicted octanol–water partition coefficient (Wildman–Crippen LogP) is 3.69. The van der Waals surface area contributed by atoms with Crippen molar-refractivity contribution in [2.45, 2.75) is 26.0 Å². The summed E-state index contributed by atoms with van der Waals surface area (Å²) in [5.41, 5.74) is 1.68. The summed E-state index contributed by atoms with van der Waals surface area (Å²) in [5.74, 6) is 0.00617. The van der Waals surface area contributed by atoms with Gasteiger partial charge in [0.1, 0.15) is 0 Å². The first-order valence-corrected chi connectivity index (χ1v) is 6.23. The molecule has 0 bridgehead atoms. The molecule has 0 unspecified atom stereocenters. The number of carboxylic acid groups (broad SMARTS) is 1. The van der Waals surface area contributed by atoms with Crippen LogP contribution < -0.4 is 0 Å². The van der Waals surface area contributed by atoms with Crippen molar-refractivity contribution in [3.63, 3.8) is 0 Å². The number of hydrogen-bond acceptors (Lipinski definition) is 2. The average molecular weight is 236 g/mol. The van der Waals surface area contributed by atoms with E-state index in [0.717, 1.165) is 17.1 Å². The highest BCUT2D eigenvalue weighted by Gasteiger charge is 2.08. The molecule has 3 heteroatoms. The second-order valence-electron chi connectivity index (χ2n) is 3.48. The first-order chi connectivity index (χ1) is 7.65. The lowest BCUT2D eigenvalue weighted by atomic mass is 10.2. The highest BCUT2D eigenvalue weighted by atomic mass is 32.2. The molecule has 0 atom stereocenters. The van der Waals surface area contributed by atoms with Crippen LogP contribution in [-0.4, -0.2) is 11.1 Å². The van der Waals surface area contributed by atoms with Gasteiger partial charge >= 0.3 is 5.97 Å². The molecule has 0 saturated carbocycles. The quantitative estimate of drug-likeness (QED) is 0.792. The van der Waals surface area contributed by atoms with Crippen LogP contribution in [0.5, 0.6) is 0 Å². The van der Waals surface area contributed by atoms with Crippen LogP contribution in [0.4, 0.5) is 0 Å². The Morgan fingerprint density at radius 2 is 1.94 bits per heavy atom. The van der Waals surface area contributed by atoms with Crippen LogP contribution in [0.3, 0.4) is 0 Å². The van der Waals surface area contributed by atoms with Crippen LogP contribution in [-0.2, 0) is 10.5 Å². The van der Waals surface area contributed by atoms with E-state index in [9.17, 15) is 4.79 Å². The Labute approximate surface area is 100 Å². The van der Waals surface area contributed by atoms with E-state index in [0.29, 0.717) is 5.57 Å². The largest absolute Gasteiger partial charge is 0.478 e. The zero-order valence-electron chi connectivity index (χ0n) is 9.56. The molecule has 0 heterocycles. The van der Waals surface area contributed by atoms with E-state index in [1.165, 1.54) is 5.56 Å². The second kappa shape index (κ2) is 6.38. The van der Waals surface area contributed by atoms with E-state index in [1.807, 2.05) is 25.1 Å². The predicted molar refractivity (Wildman–Crippen MR) is 68.4 cm³/mol. The number of allylic oxidation sites excluding steroid dienone is 1. The third-order valence-corrected chi connectivity index (χ3v) is 3.74. The van der Waals surface area contributed by atoms with Crippen LogP contribution in [0.25, 0.3) is 0 Å². The van der Waals surface area contributed by atoms with Crippen molar-refractivity contribution >= 4 is 17.7 Å². The summed E-state index contributed by atoms with van der Waals surface area (Å²) in [6.07, 6.45) is 0.773. The Morgan fingerprint density at radius 1 is 1.31 bits per heavy atom. The van der Waals surface area contributed by atoms with Crippen molar-refractivity contribution in [2.75, 3.05) is 0 Å². The van der Waals surface area contributed by atoms with Gasteiger partial charge < -0.3 is 5.11 Å². The molecular weight excluding hydrogens is 220 g/mol. The van der Waals surface area contributed by atoms with Crippen molar-refractivity contribution in [2.24, 2.45) is 0 Å². The summed E-state index contributed by atoms with van der Waals surface area (Å²) >= 11 is 1.61. The van der Waals surface area contributed by atoms with Gasteiger partial charge in [-0.25, -0.2) is 4.79 Å². The van der Waals surface area contributed by atoms with Crippen molar-refractivity contribution in [1.29, 1.82) is 0 Å². The van der Waals surface area contributed by atoms with Crippen LogP contribution in [0.15, 0.2) is 40.8 Å². The summed E-state index contributed by atoms with van der Waals surface area (Å²) < 4.78 is 0. The number of aliphatic carboxylic acids is 1. The van der Waals surface area contributed by atoms with E-state index >= 15 is 0 Å². The molecule has 1 rings (SSSR count). The molecule has 0 spiro atoms. The van der Waals surface area contributed by atoms with Crippen molar-refractivity contribution in [3.05, 3.63) is 46.4 Å². The van der Waals surface area contributed by atoms with Crippen molar-refractivity contribution in [3.8, 4) is 0 Å². The third kappa shape index (κ3) is 3.74. The summed E-state index contributed by atoms with van der Waals surface area (Å²) in [5, 5.41) is 8.91. The highest BCUT2D eigenvalue weighted by molar-refractivity contribution is 8.02. The fraction of sp³-hybridized carbons (Fsp3) is 0.308. The number of thioether (sulfide) groups is 1. The van der Waals surface area contributed by atoms with E-state index in [4.69, 9.17) is 5.11 Å². The molecule has 2 nitrogen and oxygen atoms in total. The SMILES string of the molecule is CC/C(SCc1ccccc1)=C(/C)C(=O)O. The van der Waals surface area contributed by atoms with Gasteiger partial charge in [-0.15, -0.1) is 11.8 Å². The third-order valence-electron chi connectivity index (χ3n) is 2.32. The first-order valence-electron chi connectivity index (χ1n) is 5.25. The van der Waals surface area contributed by atoms with Gasteiger partial charge in [0.2, 0.25) is 0 Å². The van der Waals surface area contributed by atoms with Gasteiger partial charge in [0.15, 0.2) is 0 Å². The van der Waals surface area contributed by atoms with Crippen molar-refractivity contribution < 1.29 is 9.90 Å². The second-order valence-corrected chi connectivity index (χ2v) is 4.55. The van der Waals surface area contributed by atoms with E-state index in [1.54, 1.807) is 18.7 Å². The summed E-state index contributed by atoms with van der Waals surface area (Å²) in [7, 11) is 0. The molecule has 1 aromatic rings. The molecule has 0 aliphatic heterocycles. The summed E-state index contributed by atoms with van der Waals surface area (Å²) in [6, 6.07) is 10.1. The lowest BCUT2D eigenvalue weighted by molar-refractivity contribution is -0.132. The Kier molecular flexibility index (Phi) is 5.12. The van der Waals surface area contributed by atoms with E-state index in [2.05, 4.69) is 12.1 Å². The highest BCUT2D eigenvalue weighted by Crippen LogP contribution is 2.26. The minimum absolute atomic E-state index is 0.462. The van der Waals surface area contributed by atoms with Crippen LogP contribution >= 0.6 is 11.8 Å². The summed E-state index contributed by atoms with van der Waals surface area (Å²) in [6.45, 7) is 3.65. The van der Waals surface area contributed by atoms with Gasteiger partial charge in [0.25, 0.3) is 0 Å². The number of carboxylic acids is 1. The number of benzene rings is 1. The zero-order valence-corrected chi connectivity index (χ0v) is 10.4. The maximum absolute atomic E-state index is 10.8. The number of rotatable bonds is 5. The normalized spacial score (nSPS) is 12.1. The lowest BCUT2D eigenvalue weighted by Gasteiger charge is -2.07. The topological polar surface area (TPSA) is 37.3 Å². The van der Waals surface area contributed by atoms with Gasteiger partial charge in [0.05, 0.1) is 0 Å². The molecule has 1 N–H and O–H groups in total. The molecule has 0 amide bonds. The Balaban J connectivity index is 2.66. The standard InChI is InChI=1S/C13H16O2S/c1-3-12(10(2)13(14)15)16-9-11-7-5-4-6-8-11/h4-8H,3,9H2,1-2H3,(H,14,15)/b12-10+. The molecule has 0 saturated heterocycles. The summed E-state index contributed by atoms with van der Waals surface area (Å²) in [4.78, 5) is 11.8. The minimum atomic E-state index is -0.822.